The van der Waals surface area contributed by atoms with Crippen molar-refractivity contribution >= 4 is 0 Å². The molecule has 0 radical (unpaired) electrons. The van der Waals surface area contributed by atoms with E-state index >= 15 is 0 Å². The maximum atomic E-state index is 13.6. The molecule has 1 aromatic carbocycles. The van der Waals surface area contributed by atoms with E-state index < -0.39 is 11.6 Å². The lowest BCUT2D eigenvalue weighted by atomic mass is 9.96. The highest BCUT2D eigenvalue weighted by atomic mass is 19.2. The fraction of sp³-hybridized carbons (Fsp3) is 0.571. The summed E-state index contributed by atoms with van der Waals surface area (Å²) < 4.78 is 26.7. The predicted molar refractivity (Wildman–Crippen MR) is 62.8 cm³/mol. The largest absolute Gasteiger partial charge is 0.313 e. The first-order valence-corrected chi connectivity index (χ1v) is 6.35. The third kappa shape index (κ3) is 2.49. The molecule has 0 aromatic heterocycles. The Morgan fingerprint density at radius 1 is 1.24 bits per heavy atom. The molecule has 0 bridgehead atoms. The fourth-order valence-corrected chi connectivity index (χ4v) is 2.33. The molecule has 17 heavy (non-hydrogen) atoms. The van der Waals surface area contributed by atoms with Crippen LogP contribution in [0, 0.1) is 17.0 Å². The highest BCUT2D eigenvalue weighted by Gasteiger charge is 2.43. The summed E-state index contributed by atoms with van der Waals surface area (Å²) in [6.45, 7) is 0.952. The number of hydrogen-bond acceptors (Lipinski definition) is 1. The third-order valence-electron chi connectivity index (χ3n) is 3.90. The molecular formula is C14H17F2N. The van der Waals surface area contributed by atoms with Gasteiger partial charge in [0.25, 0.3) is 0 Å². The third-order valence-corrected chi connectivity index (χ3v) is 3.90. The van der Waals surface area contributed by atoms with Gasteiger partial charge < -0.3 is 5.32 Å². The van der Waals surface area contributed by atoms with Gasteiger partial charge in [-0.2, -0.15) is 0 Å². The van der Waals surface area contributed by atoms with Gasteiger partial charge in [-0.1, -0.05) is 12.1 Å². The molecule has 0 heterocycles. The number of rotatable bonds is 5. The maximum Gasteiger partial charge on any atom is 0.162 e. The average molecular weight is 237 g/mol. The summed E-state index contributed by atoms with van der Waals surface area (Å²) in [7, 11) is 0. The molecule has 3 rings (SSSR count). The van der Waals surface area contributed by atoms with Gasteiger partial charge in [-0.15, -0.1) is 0 Å². The first-order valence-electron chi connectivity index (χ1n) is 6.35. The summed E-state index contributed by atoms with van der Waals surface area (Å²) in [4.78, 5) is 0. The number of halogens is 2. The van der Waals surface area contributed by atoms with Crippen LogP contribution in [-0.2, 0) is 6.42 Å². The van der Waals surface area contributed by atoms with E-state index in [-0.39, 0.29) is 5.41 Å². The van der Waals surface area contributed by atoms with Crippen LogP contribution in [0.3, 0.4) is 0 Å². The number of benzene rings is 1. The van der Waals surface area contributed by atoms with Gasteiger partial charge in [0, 0.05) is 12.6 Å². The topological polar surface area (TPSA) is 12.0 Å². The molecule has 2 saturated carbocycles. The summed E-state index contributed by atoms with van der Waals surface area (Å²) in [5.41, 5.74) is 0.720. The summed E-state index contributed by atoms with van der Waals surface area (Å²) in [5.74, 6) is -1.39. The molecule has 1 N–H and O–H groups in total. The molecule has 2 aliphatic carbocycles. The Hall–Kier alpha value is -0.960. The monoisotopic (exact) mass is 237 g/mol. The molecule has 2 fully saturated rings. The second kappa shape index (κ2) is 4.05. The molecule has 0 atom stereocenters. The zero-order valence-electron chi connectivity index (χ0n) is 9.81. The molecule has 92 valence electrons. The van der Waals surface area contributed by atoms with Crippen molar-refractivity contribution in [2.45, 2.75) is 38.1 Å². The smallest absolute Gasteiger partial charge is 0.162 e. The van der Waals surface area contributed by atoms with E-state index in [0.29, 0.717) is 18.0 Å². The van der Waals surface area contributed by atoms with E-state index in [9.17, 15) is 8.78 Å². The molecule has 0 unspecified atom stereocenters. The molecule has 1 nitrogen and oxygen atoms in total. The Bertz CT molecular complexity index is 422. The van der Waals surface area contributed by atoms with E-state index in [1.165, 1.54) is 18.9 Å². The van der Waals surface area contributed by atoms with Crippen molar-refractivity contribution in [3.8, 4) is 0 Å². The highest BCUT2D eigenvalue weighted by Crippen LogP contribution is 2.48. The lowest BCUT2D eigenvalue weighted by molar-refractivity contribution is 0.433. The van der Waals surface area contributed by atoms with Gasteiger partial charge in [0.05, 0.1) is 0 Å². The molecule has 2 aliphatic rings. The quantitative estimate of drug-likeness (QED) is 0.830. The second-order valence-corrected chi connectivity index (χ2v) is 5.54. The van der Waals surface area contributed by atoms with Gasteiger partial charge in [0.1, 0.15) is 0 Å². The molecule has 0 amide bonds. The second-order valence-electron chi connectivity index (χ2n) is 5.54. The van der Waals surface area contributed by atoms with Crippen LogP contribution in [0.15, 0.2) is 18.2 Å². The summed E-state index contributed by atoms with van der Waals surface area (Å²) in [5, 5.41) is 3.50. The van der Waals surface area contributed by atoms with Crippen molar-refractivity contribution in [2.24, 2.45) is 5.41 Å². The Labute approximate surface area is 100 Å². The first kappa shape index (κ1) is 11.1. The molecule has 0 saturated heterocycles. The van der Waals surface area contributed by atoms with Gasteiger partial charge in [-0.25, -0.2) is 8.78 Å². The van der Waals surface area contributed by atoms with Crippen molar-refractivity contribution in [1.29, 1.82) is 0 Å². The zero-order valence-corrected chi connectivity index (χ0v) is 9.81. The van der Waals surface area contributed by atoms with Crippen LogP contribution >= 0.6 is 0 Å². The van der Waals surface area contributed by atoms with E-state index in [1.807, 2.05) is 0 Å². The van der Waals surface area contributed by atoms with Gasteiger partial charge in [-0.05, 0) is 49.1 Å². The Kier molecular flexibility index (Phi) is 2.66. The summed E-state index contributed by atoms with van der Waals surface area (Å²) in [6.07, 6.45) is 5.45. The minimum absolute atomic E-state index is 0.192. The molecule has 0 spiro atoms. The molecular weight excluding hydrogens is 220 g/mol. The lowest BCUT2D eigenvalue weighted by Gasteiger charge is -2.16. The molecule has 0 aliphatic heterocycles. The van der Waals surface area contributed by atoms with Crippen molar-refractivity contribution in [2.75, 3.05) is 6.54 Å². The van der Waals surface area contributed by atoms with Crippen molar-refractivity contribution in [1.82, 2.24) is 5.32 Å². The van der Waals surface area contributed by atoms with Gasteiger partial charge in [-0.3, -0.25) is 0 Å². The van der Waals surface area contributed by atoms with E-state index in [1.54, 1.807) is 12.1 Å². The fourth-order valence-electron chi connectivity index (χ4n) is 2.33. The SMILES string of the molecule is Fc1cccc(CC2(CNC3CC3)CC2)c1F. The van der Waals surface area contributed by atoms with Crippen LogP contribution in [-0.4, -0.2) is 12.6 Å². The highest BCUT2D eigenvalue weighted by molar-refractivity contribution is 5.22. The van der Waals surface area contributed by atoms with Crippen LogP contribution < -0.4 is 5.32 Å². The Morgan fingerprint density at radius 3 is 2.65 bits per heavy atom. The van der Waals surface area contributed by atoms with Crippen molar-refractivity contribution in [3.05, 3.63) is 35.4 Å². The van der Waals surface area contributed by atoms with Crippen molar-refractivity contribution < 1.29 is 8.78 Å². The van der Waals surface area contributed by atoms with E-state index in [0.717, 1.165) is 19.4 Å². The zero-order chi connectivity index (χ0) is 11.9. The maximum absolute atomic E-state index is 13.6. The van der Waals surface area contributed by atoms with Gasteiger partial charge in [0.15, 0.2) is 11.6 Å². The van der Waals surface area contributed by atoms with Gasteiger partial charge in [0.2, 0.25) is 0 Å². The molecule has 3 heteroatoms. The lowest BCUT2D eigenvalue weighted by Crippen LogP contribution is -2.27. The van der Waals surface area contributed by atoms with Crippen molar-refractivity contribution in [3.63, 3.8) is 0 Å². The van der Waals surface area contributed by atoms with Crippen LogP contribution in [0.1, 0.15) is 31.2 Å². The molecule has 1 aromatic rings. The number of hydrogen-bond donors (Lipinski definition) is 1. The normalized spacial score (nSPS) is 21.5. The van der Waals surface area contributed by atoms with Crippen LogP contribution in [0.25, 0.3) is 0 Å². The minimum Gasteiger partial charge on any atom is -0.313 e. The average Bonchev–Trinajstić information content (AvgIpc) is 3.18. The Morgan fingerprint density at radius 2 is 2.00 bits per heavy atom. The summed E-state index contributed by atoms with van der Waals surface area (Å²) >= 11 is 0. The van der Waals surface area contributed by atoms with E-state index in [4.69, 9.17) is 0 Å². The standard InChI is InChI=1S/C14H17F2N/c15-12-3-1-2-10(13(12)16)8-14(6-7-14)9-17-11-4-5-11/h1-3,11,17H,4-9H2. The van der Waals surface area contributed by atoms with Crippen LogP contribution in [0.2, 0.25) is 0 Å². The van der Waals surface area contributed by atoms with E-state index in [2.05, 4.69) is 5.32 Å². The minimum atomic E-state index is -0.728. The summed E-state index contributed by atoms with van der Waals surface area (Å²) in [6, 6.07) is 5.17. The first-order chi connectivity index (χ1) is 8.19. The predicted octanol–water partition coefficient (Wildman–Crippen LogP) is 3.04. The number of nitrogens with one attached hydrogen (secondary N) is 1. The van der Waals surface area contributed by atoms with Crippen LogP contribution in [0.5, 0.6) is 0 Å². The van der Waals surface area contributed by atoms with Crippen LogP contribution in [0.4, 0.5) is 8.78 Å². The Balaban J connectivity index is 1.66. The van der Waals surface area contributed by atoms with Gasteiger partial charge >= 0.3 is 0 Å².